The normalized spacial score (nSPS) is 18.5. The number of nitrogen functional groups attached to an aromatic ring is 1. The molecular weight excluding hydrogens is 434 g/mol. The molecule has 1 aliphatic carbocycles. The highest BCUT2D eigenvalue weighted by Crippen LogP contribution is 2.32. The summed E-state index contributed by atoms with van der Waals surface area (Å²) in [5, 5.41) is 23.1. The van der Waals surface area contributed by atoms with Crippen molar-refractivity contribution in [3.8, 4) is 11.5 Å². The third-order valence-electron chi connectivity index (χ3n) is 6.04. The molecule has 0 radical (unpaired) electrons. The standard InChI is InChI=1S/C25H29N5O4/c1-15(2)22-4-3-5-23(30(22)33)24(32)29-21-12-16(14-28-17-6-8-18(31)9-7-17)20(26)13-19(21)25-27-10-11-34-25/h3-5,10-15,17-18,26,31-33H,6-9H2,1-2H3/p+1. The van der Waals surface area contributed by atoms with Crippen molar-refractivity contribution in [2.24, 2.45) is 4.99 Å². The van der Waals surface area contributed by atoms with E-state index in [1.54, 1.807) is 36.5 Å². The van der Waals surface area contributed by atoms with E-state index in [1.165, 1.54) is 12.5 Å². The van der Waals surface area contributed by atoms with Crippen molar-refractivity contribution in [1.29, 1.82) is 0 Å². The Labute approximate surface area is 197 Å². The number of aromatic nitrogens is 2. The first-order chi connectivity index (χ1) is 16.3. The van der Waals surface area contributed by atoms with E-state index < -0.39 is 5.91 Å². The number of carbonyl (C=O) groups is 1. The second kappa shape index (κ2) is 10.0. The van der Waals surface area contributed by atoms with Gasteiger partial charge in [0, 0.05) is 40.2 Å². The number of anilines is 2. The van der Waals surface area contributed by atoms with Gasteiger partial charge in [-0.2, -0.15) is 0 Å². The summed E-state index contributed by atoms with van der Waals surface area (Å²) in [5.74, 6) is -0.160. The quantitative estimate of drug-likeness (QED) is 0.190. The summed E-state index contributed by atoms with van der Waals surface area (Å²) in [6.07, 6.45) is 7.52. The van der Waals surface area contributed by atoms with E-state index in [2.05, 4.69) is 15.3 Å². The molecule has 1 aromatic carbocycles. The molecule has 0 atom stereocenters. The highest BCUT2D eigenvalue weighted by molar-refractivity contribution is 6.05. The van der Waals surface area contributed by atoms with E-state index in [0.717, 1.165) is 30.4 Å². The molecule has 3 aromatic rings. The molecule has 0 unspecified atom stereocenters. The number of hydrogen-bond acceptors (Lipinski definition) is 7. The minimum Gasteiger partial charge on any atom is -0.444 e. The highest BCUT2D eigenvalue weighted by atomic mass is 16.5. The first kappa shape index (κ1) is 23.4. The van der Waals surface area contributed by atoms with E-state index in [0.29, 0.717) is 34.1 Å². The van der Waals surface area contributed by atoms with Crippen molar-refractivity contribution in [2.75, 3.05) is 11.1 Å². The summed E-state index contributed by atoms with van der Waals surface area (Å²) in [7, 11) is 0. The topological polar surface area (TPSA) is 138 Å². The number of pyridine rings is 1. The van der Waals surface area contributed by atoms with Gasteiger partial charge < -0.3 is 20.6 Å². The third-order valence-corrected chi connectivity index (χ3v) is 6.04. The molecule has 1 fully saturated rings. The molecular formula is C25H30N5O4+. The van der Waals surface area contributed by atoms with Gasteiger partial charge in [0.1, 0.15) is 6.26 Å². The fourth-order valence-corrected chi connectivity index (χ4v) is 4.09. The van der Waals surface area contributed by atoms with Crippen LogP contribution in [0.15, 0.2) is 52.2 Å². The van der Waals surface area contributed by atoms with Crippen molar-refractivity contribution >= 4 is 23.5 Å². The van der Waals surface area contributed by atoms with E-state index in [1.807, 2.05) is 13.8 Å². The van der Waals surface area contributed by atoms with Gasteiger partial charge in [-0.25, -0.2) is 4.98 Å². The molecule has 5 N–H and O–H groups in total. The van der Waals surface area contributed by atoms with Crippen molar-refractivity contribution in [3.05, 3.63) is 59.7 Å². The number of amides is 1. The largest absolute Gasteiger partial charge is 0.444 e. The predicted octanol–water partition coefficient (Wildman–Crippen LogP) is 3.55. The maximum atomic E-state index is 13.1. The lowest BCUT2D eigenvalue weighted by Crippen LogP contribution is -2.43. The Morgan fingerprint density at radius 3 is 2.74 bits per heavy atom. The maximum Gasteiger partial charge on any atom is 0.325 e. The molecule has 4 rings (SSSR count). The van der Waals surface area contributed by atoms with Crippen LogP contribution >= 0.6 is 0 Å². The van der Waals surface area contributed by atoms with Gasteiger partial charge in [-0.15, -0.1) is 0 Å². The Bertz CT molecular complexity index is 1180. The minimum atomic E-state index is -0.494. The third kappa shape index (κ3) is 5.09. The first-order valence-corrected chi connectivity index (χ1v) is 11.4. The SMILES string of the molecule is CC(C)c1cccc(C(=O)Nc2cc(C=NC3CCC(O)CC3)c(N)cc2-c2ncco2)[n+]1O. The van der Waals surface area contributed by atoms with Gasteiger partial charge in [-0.1, -0.05) is 13.8 Å². The molecule has 2 aromatic heterocycles. The molecule has 0 saturated heterocycles. The number of rotatable bonds is 6. The van der Waals surface area contributed by atoms with E-state index >= 15 is 0 Å². The predicted molar refractivity (Wildman–Crippen MR) is 128 cm³/mol. The zero-order valence-electron chi connectivity index (χ0n) is 19.3. The summed E-state index contributed by atoms with van der Waals surface area (Å²) in [6.45, 7) is 3.87. The first-order valence-electron chi connectivity index (χ1n) is 11.4. The van der Waals surface area contributed by atoms with Crippen LogP contribution in [0, 0.1) is 0 Å². The number of nitrogens with zero attached hydrogens (tertiary/aromatic N) is 3. The van der Waals surface area contributed by atoms with E-state index in [9.17, 15) is 15.1 Å². The van der Waals surface area contributed by atoms with Gasteiger partial charge in [0.2, 0.25) is 11.6 Å². The van der Waals surface area contributed by atoms with Gasteiger partial charge in [-0.3, -0.25) is 15.0 Å². The van der Waals surface area contributed by atoms with Gasteiger partial charge in [0.15, 0.2) is 0 Å². The number of nitrogens with one attached hydrogen (secondary N) is 1. The van der Waals surface area contributed by atoms with Gasteiger partial charge in [-0.05, 0) is 43.9 Å². The fourth-order valence-electron chi connectivity index (χ4n) is 4.09. The molecule has 2 heterocycles. The molecule has 0 spiro atoms. The number of aliphatic hydroxyl groups excluding tert-OH is 1. The van der Waals surface area contributed by atoms with Crippen LogP contribution in [-0.4, -0.2) is 39.6 Å². The maximum absolute atomic E-state index is 13.1. The summed E-state index contributed by atoms with van der Waals surface area (Å²) in [4.78, 5) is 22.0. The molecule has 178 valence electrons. The molecule has 0 aliphatic heterocycles. The van der Waals surface area contributed by atoms with Crippen LogP contribution < -0.4 is 15.8 Å². The number of carbonyl (C=O) groups excluding carboxylic acids is 1. The summed E-state index contributed by atoms with van der Waals surface area (Å²) < 4.78 is 6.36. The van der Waals surface area contributed by atoms with Crippen LogP contribution in [-0.2, 0) is 0 Å². The smallest absolute Gasteiger partial charge is 0.325 e. The highest BCUT2D eigenvalue weighted by Gasteiger charge is 2.26. The molecule has 1 aliphatic rings. The average Bonchev–Trinajstić information content (AvgIpc) is 3.35. The van der Waals surface area contributed by atoms with Crippen LogP contribution in [0.3, 0.4) is 0 Å². The molecule has 34 heavy (non-hydrogen) atoms. The second-order valence-electron chi connectivity index (χ2n) is 8.86. The van der Waals surface area contributed by atoms with E-state index in [-0.39, 0.29) is 23.8 Å². The Kier molecular flexibility index (Phi) is 6.93. The van der Waals surface area contributed by atoms with Gasteiger partial charge in [0.05, 0.1) is 29.6 Å². The van der Waals surface area contributed by atoms with Crippen LogP contribution in [0.5, 0.6) is 0 Å². The molecule has 9 nitrogen and oxygen atoms in total. The number of aliphatic imine (C=N–C) groups is 1. The Morgan fingerprint density at radius 2 is 2.06 bits per heavy atom. The number of benzene rings is 1. The summed E-state index contributed by atoms with van der Waals surface area (Å²) in [6, 6.07) is 8.57. The molecule has 1 saturated carbocycles. The second-order valence-corrected chi connectivity index (χ2v) is 8.86. The fraction of sp³-hybridized carbons (Fsp3) is 0.360. The molecule has 0 bridgehead atoms. The zero-order valence-corrected chi connectivity index (χ0v) is 19.3. The van der Waals surface area contributed by atoms with Crippen molar-refractivity contribution in [3.63, 3.8) is 0 Å². The van der Waals surface area contributed by atoms with Crippen LogP contribution in [0.4, 0.5) is 11.4 Å². The van der Waals surface area contributed by atoms with Crippen LogP contribution in [0.2, 0.25) is 0 Å². The minimum absolute atomic E-state index is 0.0286. The van der Waals surface area contributed by atoms with E-state index in [4.69, 9.17) is 10.2 Å². The number of oxazole rings is 1. The monoisotopic (exact) mass is 464 g/mol. The zero-order chi connectivity index (χ0) is 24.2. The van der Waals surface area contributed by atoms with Crippen LogP contribution in [0.1, 0.15) is 67.2 Å². The lowest BCUT2D eigenvalue weighted by atomic mass is 9.93. The van der Waals surface area contributed by atoms with Crippen LogP contribution in [0.25, 0.3) is 11.5 Å². The van der Waals surface area contributed by atoms with Crippen molar-refractivity contribution in [1.82, 2.24) is 4.98 Å². The lowest BCUT2D eigenvalue weighted by Gasteiger charge is -2.22. The number of nitrogens with two attached hydrogens (primary N) is 1. The Hall–Kier alpha value is -3.72. The van der Waals surface area contributed by atoms with Crippen molar-refractivity contribution in [2.45, 2.75) is 57.6 Å². The van der Waals surface area contributed by atoms with Gasteiger partial charge in [0.25, 0.3) is 0 Å². The lowest BCUT2D eigenvalue weighted by molar-refractivity contribution is -0.911. The Morgan fingerprint density at radius 1 is 1.29 bits per heavy atom. The van der Waals surface area contributed by atoms with Gasteiger partial charge >= 0.3 is 11.6 Å². The molecule has 9 heteroatoms. The number of hydrogen-bond donors (Lipinski definition) is 4. The average molecular weight is 465 g/mol. The summed E-state index contributed by atoms with van der Waals surface area (Å²) in [5.41, 5.74) is 9.05. The number of aliphatic hydroxyl groups is 1. The Balaban J connectivity index is 1.67. The molecule has 1 amide bonds. The van der Waals surface area contributed by atoms with Crippen molar-refractivity contribution < 1.29 is 24.3 Å². The summed E-state index contributed by atoms with van der Waals surface area (Å²) >= 11 is 0.